The van der Waals surface area contributed by atoms with Gasteiger partial charge in [-0.05, 0) is 18.2 Å². The van der Waals surface area contributed by atoms with E-state index in [0.29, 0.717) is 22.0 Å². The summed E-state index contributed by atoms with van der Waals surface area (Å²) in [5.41, 5.74) is 2.13. The number of halogens is 2. The molecule has 2 heterocycles. The van der Waals surface area contributed by atoms with Gasteiger partial charge in [0.2, 0.25) is 0 Å². The smallest absolute Gasteiger partial charge is 0.162 e. The first-order valence-electron chi connectivity index (χ1n) is 5.10. The molecule has 2 aromatic heterocycles. The van der Waals surface area contributed by atoms with Crippen LogP contribution >= 0.6 is 27.5 Å². The molecule has 0 unspecified atom stereocenters. The van der Waals surface area contributed by atoms with Gasteiger partial charge in [0, 0.05) is 4.47 Å². The number of hydrogen-bond donors (Lipinski definition) is 2. The first-order valence-corrected chi connectivity index (χ1v) is 6.27. The molecule has 0 aliphatic rings. The van der Waals surface area contributed by atoms with Crippen LogP contribution in [0.1, 0.15) is 0 Å². The molecule has 5 nitrogen and oxygen atoms in total. The van der Waals surface area contributed by atoms with Crippen molar-refractivity contribution in [2.45, 2.75) is 0 Å². The fourth-order valence-corrected chi connectivity index (χ4v) is 2.30. The predicted octanol–water partition coefficient (Wildman–Crippen LogP) is 3.51. The molecule has 0 atom stereocenters. The average molecular weight is 325 g/mol. The van der Waals surface area contributed by atoms with Crippen LogP contribution in [0.25, 0.3) is 11.2 Å². The van der Waals surface area contributed by atoms with Gasteiger partial charge in [-0.1, -0.05) is 27.5 Å². The molecule has 90 valence electrons. The van der Waals surface area contributed by atoms with Crippen LogP contribution in [0, 0.1) is 0 Å². The Balaban J connectivity index is 2.03. The maximum absolute atomic E-state index is 6.14. The number of rotatable bonds is 2. The first kappa shape index (κ1) is 11.4. The number of hydrogen-bond acceptors (Lipinski definition) is 4. The number of imidazole rings is 1. The molecule has 0 saturated carbocycles. The van der Waals surface area contributed by atoms with E-state index in [2.05, 4.69) is 41.2 Å². The van der Waals surface area contributed by atoms with Gasteiger partial charge in [0.05, 0.1) is 17.0 Å². The number of aromatic nitrogens is 4. The summed E-state index contributed by atoms with van der Waals surface area (Å²) in [6, 6.07) is 5.58. The van der Waals surface area contributed by atoms with Crippen molar-refractivity contribution < 1.29 is 0 Å². The highest BCUT2D eigenvalue weighted by Gasteiger charge is 2.08. The molecule has 0 radical (unpaired) electrons. The van der Waals surface area contributed by atoms with Gasteiger partial charge in [0.15, 0.2) is 17.0 Å². The SMILES string of the molecule is Clc1cc(Br)ccc1Nc1ncnc2[nH]cnc12. The quantitative estimate of drug-likeness (QED) is 0.757. The Hall–Kier alpha value is -1.66. The Bertz CT molecular complexity index is 711. The van der Waals surface area contributed by atoms with Gasteiger partial charge in [-0.3, -0.25) is 0 Å². The molecule has 7 heteroatoms. The van der Waals surface area contributed by atoms with Gasteiger partial charge in [-0.25, -0.2) is 15.0 Å². The number of aromatic amines is 1. The van der Waals surface area contributed by atoms with Crippen molar-refractivity contribution in [1.29, 1.82) is 0 Å². The zero-order valence-electron chi connectivity index (χ0n) is 8.98. The maximum atomic E-state index is 6.14. The minimum atomic E-state index is 0.603. The Labute approximate surface area is 116 Å². The molecular formula is C11H7BrClN5. The lowest BCUT2D eigenvalue weighted by Gasteiger charge is -2.07. The summed E-state index contributed by atoms with van der Waals surface area (Å²) in [5, 5.41) is 3.75. The van der Waals surface area contributed by atoms with Crippen LogP contribution in [0.15, 0.2) is 35.3 Å². The van der Waals surface area contributed by atoms with Gasteiger partial charge in [-0.15, -0.1) is 0 Å². The Kier molecular flexibility index (Phi) is 2.89. The van der Waals surface area contributed by atoms with Crippen molar-refractivity contribution in [3.05, 3.63) is 40.3 Å². The van der Waals surface area contributed by atoms with Crippen LogP contribution in [-0.2, 0) is 0 Å². The van der Waals surface area contributed by atoms with E-state index in [1.807, 2.05) is 18.2 Å². The second-order valence-corrected chi connectivity index (χ2v) is 4.89. The fourth-order valence-electron chi connectivity index (χ4n) is 1.57. The highest BCUT2D eigenvalue weighted by Crippen LogP contribution is 2.29. The molecule has 0 aliphatic carbocycles. The van der Waals surface area contributed by atoms with Crippen LogP contribution in [0.4, 0.5) is 11.5 Å². The summed E-state index contributed by atoms with van der Waals surface area (Å²) in [5.74, 6) is 0.616. The molecule has 0 fully saturated rings. The fraction of sp³-hybridized carbons (Fsp3) is 0. The number of H-pyrrole nitrogens is 1. The maximum Gasteiger partial charge on any atom is 0.162 e. The van der Waals surface area contributed by atoms with Crippen molar-refractivity contribution in [3.63, 3.8) is 0 Å². The molecule has 0 saturated heterocycles. The van der Waals surface area contributed by atoms with Gasteiger partial charge >= 0.3 is 0 Å². The third-order valence-electron chi connectivity index (χ3n) is 2.40. The highest BCUT2D eigenvalue weighted by molar-refractivity contribution is 9.10. The van der Waals surface area contributed by atoms with Crippen LogP contribution in [-0.4, -0.2) is 19.9 Å². The van der Waals surface area contributed by atoms with E-state index in [0.717, 1.165) is 10.2 Å². The van der Waals surface area contributed by atoms with Crippen LogP contribution in [0.5, 0.6) is 0 Å². The lowest BCUT2D eigenvalue weighted by Crippen LogP contribution is -1.96. The summed E-state index contributed by atoms with van der Waals surface area (Å²) in [6.07, 6.45) is 3.04. The minimum absolute atomic E-state index is 0.603. The number of anilines is 2. The molecule has 3 aromatic rings. The average Bonchev–Trinajstić information content (AvgIpc) is 2.82. The third kappa shape index (κ3) is 2.04. The zero-order valence-corrected chi connectivity index (χ0v) is 11.3. The highest BCUT2D eigenvalue weighted by atomic mass is 79.9. The van der Waals surface area contributed by atoms with E-state index < -0.39 is 0 Å². The topological polar surface area (TPSA) is 66.5 Å². The number of fused-ring (bicyclic) bond motifs is 1. The van der Waals surface area contributed by atoms with Gasteiger partial charge in [0.1, 0.15) is 6.33 Å². The minimum Gasteiger partial charge on any atom is -0.337 e. The van der Waals surface area contributed by atoms with Crippen LogP contribution < -0.4 is 5.32 Å². The molecule has 0 bridgehead atoms. The summed E-state index contributed by atoms with van der Waals surface area (Å²) < 4.78 is 0.922. The summed E-state index contributed by atoms with van der Waals surface area (Å²) >= 11 is 9.50. The molecule has 3 rings (SSSR count). The second kappa shape index (κ2) is 4.55. The van der Waals surface area contributed by atoms with Crippen molar-refractivity contribution >= 4 is 50.2 Å². The van der Waals surface area contributed by atoms with Crippen molar-refractivity contribution in [2.75, 3.05) is 5.32 Å². The van der Waals surface area contributed by atoms with E-state index in [1.54, 1.807) is 6.33 Å². The molecule has 0 amide bonds. The molecule has 18 heavy (non-hydrogen) atoms. The summed E-state index contributed by atoms with van der Waals surface area (Å²) in [6.45, 7) is 0. The Morgan fingerprint density at radius 2 is 2.11 bits per heavy atom. The third-order valence-corrected chi connectivity index (χ3v) is 3.21. The van der Waals surface area contributed by atoms with E-state index in [4.69, 9.17) is 11.6 Å². The summed E-state index contributed by atoms with van der Waals surface area (Å²) in [4.78, 5) is 15.3. The first-order chi connectivity index (χ1) is 8.74. The van der Waals surface area contributed by atoms with E-state index in [9.17, 15) is 0 Å². The summed E-state index contributed by atoms with van der Waals surface area (Å²) in [7, 11) is 0. The molecule has 2 N–H and O–H groups in total. The van der Waals surface area contributed by atoms with E-state index in [1.165, 1.54) is 6.33 Å². The lowest BCUT2D eigenvalue weighted by atomic mass is 10.3. The molecular weight excluding hydrogens is 318 g/mol. The standard InChI is InChI=1S/C11H7BrClN5/c12-6-1-2-8(7(13)3-6)18-11-9-10(15-4-14-9)16-5-17-11/h1-5H,(H2,14,15,16,17,18). The van der Waals surface area contributed by atoms with Crippen LogP contribution in [0.3, 0.4) is 0 Å². The predicted molar refractivity (Wildman–Crippen MR) is 74.1 cm³/mol. The number of nitrogens with one attached hydrogen (secondary N) is 2. The molecule has 1 aromatic carbocycles. The van der Waals surface area contributed by atoms with Gasteiger partial charge in [0.25, 0.3) is 0 Å². The van der Waals surface area contributed by atoms with Crippen molar-refractivity contribution in [2.24, 2.45) is 0 Å². The van der Waals surface area contributed by atoms with Gasteiger partial charge in [-0.2, -0.15) is 0 Å². The monoisotopic (exact) mass is 323 g/mol. The number of nitrogens with zero attached hydrogens (tertiary/aromatic N) is 3. The Morgan fingerprint density at radius 3 is 2.94 bits per heavy atom. The van der Waals surface area contributed by atoms with Crippen molar-refractivity contribution in [1.82, 2.24) is 19.9 Å². The van der Waals surface area contributed by atoms with Gasteiger partial charge < -0.3 is 10.3 Å². The van der Waals surface area contributed by atoms with E-state index >= 15 is 0 Å². The van der Waals surface area contributed by atoms with Crippen molar-refractivity contribution in [3.8, 4) is 0 Å². The number of benzene rings is 1. The Morgan fingerprint density at radius 1 is 1.22 bits per heavy atom. The largest absolute Gasteiger partial charge is 0.337 e. The van der Waals surface area contributed by atoms with E-state index in [-0.39, 0.29) is 0 Å². The normalized spacial score (nSPS) is 10.8. The van der Waals surface area contributed by atoms with Crippen LogP contribution in [0.2, 0.25) is 5.02 Å². The molecule has 0 aliphatic heterocycles. The molecule has 0 spiro atoms. The second-order valence-electron chi connectivity index (χ2n) is 3.57. The zero-order chi connectivity index (χ0) is 12.5. The lowest BCUT2D eigenvalue weighted by molar-refractivity contribution is 1.20.